The van der Waals surface area contributed by atoms with Crippen molar-refractivity contribution in [2.75, 3.05) is 13.7 Å². The minimum absolute atomic E-state index is 0.0790. The lowest BCUT2D eigenvalue weighted by atomic mass is 9.36. The summed E-state index contributed by atoms with van der Waals surface area (Å²) < 4.78 is 10.7. The molecule has 4 fully saturated rings. The van der Waals surface area contributed by atoms with Gasteiger partial charge in [-0.3, -0.25) is 4.79 Å². The third kappa shape index (κ3) is 2.60. The van der Waals surface area contributed by atoms with Crippen LogP contribution in [0.25, 0.3) is 0 Å². The Bertz CT molecular complexity index is 558. The average molecular weight is 320 g/mol. The highest BCUT2D eigenvalue weighted by atomic mass is 16.5. The summed E-state index contributed by atoms with van der Waals surface area (Å²) in [5.74, 6) is -0.409. The molecule has 0 heterocycles. The summed E-state index contributed by atoms with van der Waals surface area (Å²) in [4.78, 5) is 24.4. The van der Waals surface area contributed by atoms with Crippen molar-refractivity contribution in [2.24, 2.45) is 21.7 Å². The molecule has 0 spiro atoms. The summed E-state index contributed by atoms with van der Waals surface area (Å²) in [7, 11) is 1.49. The van der Waals surface area contributed by atoms with Crippen molar-refractivity contribution in [3.05, 3.63) is 12.2 Å². The van der Waals surface area contributed by atoms with E-state index in [-0.39, 0.29) is 28.2 Å². The zero-order valence-electron chi connectivity index (χ0n) is 14.8. The Morgan fingerprint density at radius 2 is 1.57 bits per heavy atom. The van der Waals surface area contributed by atoms with Gasteiger partial charge in [0.25, 0.3) is 0 Å². The molecular weight excluding hydrogens is 292 g/mol. The van der Waals surface area contributed by atoms with Crippen LogP contribution in [0.1, 0.15) is 59.3 Å². The number of ether oxygens (including phenoxy) is 2. The number of carbonyl (C=O) groups is 2. The molecule has 0 aromatic rings. The highest BCUT2D eigenvalue weighted by Gasteiger charge is 2.68. The first kappa shape index (κ1) is 16.5. The molecule has 4 saturated carbocycles. The van der Waals surface area contributed by atoms with Gasteiger partial charge in [-0.05, 0) is 56.3 Å². The van der Waals surface area contributed by atoms with Crippen LogP contribution in [-0.4, -0.2) is 25.7 Å². The number of methoxy groups -OCH3 is 1. The molecule has 0 aromatic carbocycles. The second-order valence-corrected chi connectivity index (χ2v) is 9.31. The molecule has 0 radical (unpaired) electrons. The van der Waals surface area contributed by atoms with Gasteiger partial charge in [0.15, 0.2) is 0 Å². The average Bonchev–Trinajstić information content (AvgIpc) is 2.39. The van der Waals surface area contributed by atoms with Gasteiger partial charge in [0.05, 0.1) is 19.1 Å². The first-order valence-corrected chi connectivity index (χ1v) is 8.46. The largest absolute Gasteiger partial charge is 0.469 e. The maximum absolute atomic E-state index is 12.6. The van der Waals surface area contributed by atoms with Gasteiger partial charge in [-0.1, -0.05) is 20.4 Å². The first-order valence-electron chi connectivity index (χ1n) is 8.46. The van der Waals surface area contributed by atoms with Crippen LogP contribution in [0.3, 0.4) is 0 Å². The quantitative estimate of drug-likeness (QED) is 0.586. The van der Waals surface area contributed by atoms with Crippen molar-refractivity contribution in [1.82, 2.24) is 0 Å². The van der Waals surface area contributed by atoms with Crippen molar-refractivity contribution in [2.45, 2.75) is 59.3 Å². The minimum Gasteiger partial charge on any atom is -0.469 e. The second-order valence-electron chi connectivity index (χ2n) is 9.31. The summed E-state index contributed by atoms with van der Waals surface area (Å²) in [5, 5.41) is 0. The van der Waals surface area contributed by atoms with E-state index >= 15 is 0 Å². The van der Waals surface area contributed by atoms with Crippen molar-refractivity contribution >= 4 is 11.9 Å². The Morgan fingerprint density at radius 1 is 1.00 bits per heavy atom. The maximum Gasteiger partial charge on any atom is 0.333 e. The minimum atomic E-state index is -0.400. The molecule has 0 aliphatic heterocycles. The summed E-state index contributed by atoms with van der Waals surface area (Å²) in [5.41, 5.74) is 0.190. The lowest BCUT2D eigenvalue weighted by molar-refractivity contribution is -0.219. The molecule has 4 nitrogen and oxygen atoms in total. The van der Waals surface area contributed by atoms with Gasteiger partial charge >= 0.3 is 11.9 Å². The molecule has 4 aliphatic carbocycles. The lowest BCUT2D eigenvalue weighted by Crippen LogP contribution is -2.63. The molecule has 0 amide bonds. The molecule has 0 N–H and O–H groups in total. The molecule has 2 atom stereocenters. The van der Waals surface area contributed by atoms with Crippen molar-refractivity contribution in [3.8, 4) is 0 Å². The molecule has 128 valence electrons. The highest BCUT2D eigenvalue weighted by molar-refractivity contribution is 5.87. The van der Waals surface area contributed by atoms with Crippen molar-refractivity contribution in [3.63, 3.8) is 0 Å². The number of esters is 2. The van der Waals surface area contributed by atoms with Crippen molar-refractivity contribution < 1.29 is 19.1 Å². The predicted molar refractivity (Wildman–Crippen MR) is 86.6 cm³/mol. The molecule has 2 unspecified atom stereocenters. The monoisotopic (exact) mass is 320 g/mol. The van der Waals surface area contributed by atoms with Gasteiger partial charge in [-0.2, -0.15) is 0 Å². The summed E-state index contributed by atoms with van der Waals surface area (Å²) in [6.45, 7) is 10.3. The third-order valence-corrected chi connectivity index (χ3v) is 6.18. The molecule has 0 aromatic heterocycles. The van der Waals surface area contributed by atoms with E-state index in [4.69, 9.17) is 9.47 Å². The Labute approximate surface area is 138 Å². The van der Waals surface area contributed by atoms with E-state index in [2.05, 4.69) is 20.4 Å². The van der Waals surface area contributed by atoms with Crippen LogP contribution in [0.4, 0.5) is 0 Å². The van der Waals surface area contributed by atoms with E-state index in [1.807, 2.05) is 0 Å². The normalized spacial score (nSPS) is 44.0. The third-order valence-electron chi connectivity index (χ3n) is 6.18. The fraction of sp³-hybridized carbons (Fsp3) is 0.789. The van der Waals surface area contributed by atoms with Crippen LogP contribution in [0.5, 0.6) is 0 Å². The van der Waals surface area contributed by atoms with Crippen LogP contribution < -0.4 is 0 Å². The number of rotatable bonds is 4. The van der Waals surface area contributed by atoms with E-state index in [0.29, 0.717) is 12.2 Å². The van der Waals surface area contributed by atoms with E-state index in [9.17, 15) is 9.59 Å². The smallest absolute Gasteiger partial charge is 0.333 e. The van der Waals surface area contributed by atoms with E-state index in [1.165, 1.54) is 7.11 Å². The van der Waals surface area contributed by atoms with Crippen LogP contribution in [-0.2, 0) is 19.1 Å². The summed E-state index contributed by atoms with van der Waals surface area (Å²) in [6.07, 6.45) is 5.78. The fourth-order valence-corrected chi connectivity index (χ4v) is 6.87. The van der Waals surface area contributed by atoms with Crippen LogP contribution in [0.15, 0.2) is 12.2 Å². The SMILES string of the molecule is C=C(C)C(=O)OCC12CC3(C)CC(C)(C1)CC(C(=O)OC)(C3)C2. The van der Waals surface area contributed by atoms with Gasteiger partial charge in [0, 0.05) is 11.0 Å². The number of carbonyl (C=O) groups excluding carboxylic acids is 2. The fourth-order valence-electron chi connectivity index (χ4n) is 6.87. The van der Waals surface area contributed by atoms with Gasteiger partial charge in [0.1, 0.15) is 0 Å². The molecule has 0 saturated heterocycles. The van der Waals surface area contributed by atoms with Crippen molar-refractivity contribution in [1.29, 1.82) is 0 Å². The van der Waals surface area contributed by atoms with E-state index in [0.717, 1.165) is 38.5 Å². The molecule has 4 heteroatoms. The Morgan fingerprint density at radius 3 is 2.04 bits per heavy atom. The van der Waals surface area contributed by atoms with Crippen LogP contribution in [0.2, 0.25) is 0 Å². The maximum atomic E-state index is 12.6. The lowest BCUT2D eigenvalue weighted by Gasteiger charge is -2.68. The van der Waals surface area contributed by atoms with Crippen LogP contribution in [0, 0.1) is 21.7 Å². The predicted octanol–water partition coefficient (Wildman–Crippen LogP) is 3.65. The van der Waals surface area contributed by atoms with Crippen LogP contribution >= 0.6 is 0 Å². The number of hydrogen-bond donors (Lipinski definition) is 0. The summed E-state index contributed by atoms with van der Waals surface area (Å²) in [6, 6.07) is 0. The second kappa shape index (κ2) is 4.84. The topological polar surface area (TPSA) is 52.6 Å². The Balaban J connectivity index is 1.91. The first-order chi connectivity index (χ1) is 10.6. The molecule has 4 aliphatic rings. The van der Waals surface area contributed by atoms with Gasteiger partial charge in [-0.25, -0.2) is 4.79 Å². The highest BCUT2D eigenvalue weighted by Crippen LogP contribution is 2.73. The number of hydrogen-bond acceptors (Lipinski definition) is 4. The molecule has 4 rings (SSSR count). The van der Waals surface area contributed by atoms with Gasteiger partial charge < -0.3 is 9.47 Å². The Kier molecular flexibility index (Phi) is 3.48. The molecule has 4 bridgehead atoms. The zero-order chi connectivity index (χ0) is 17.1. The zero-order valence-corrected chi connectivity index (χ0v) is 14.8. The molecule has 23 heavy (non-hydrogen) atoms. The van der Waals surface area contributed by atoms with E-state index in [1.54, 1.807) is 6.92 Å². The summed E-state index contributed by atoms with van der Waals surface area (Å²) >= 11 is 0. The van der Waals surface area contributed by atoms with E-state index < -0.39 is 5.41 Å². The Hall–Kier alpha value is -1.32. The standard InChI is InChI=1S/C19H28O4/c1-13(2)14(20)23-12-18-7-16(3)6-17(4,8-18)10-19(9-16,11-18)15(21)22-5/h1,6-12H2,2-5H3. The van der Waals surface area contributed by atoms with Gasteiger partial charge in [0.2, 0.25) is 0 Å². The van der Waals surface area contributed by atoms with Gasteiger partial charge in [-0.15, -0.1) is 0 Å². The molecular formula is C19H28O4.